The van der Waals surface area contributed by atoms with Crippen molar-refractivity contribution in [1.82, 2.24) is 10.7 Å². The lowest BCUT2D eigenvalue weighted by atomic mass is 9.99. The Morgan fingerprint density at radius 1 is 1.40 bits per heavy atom. The first-order chi connectivity index (χ1) is 9.72. The summed E-state index contributed by atoms with van der Waals surface area (Å²) in [5.74, 6) is 1.38. The molecular formula is C13H18N5O2-. The number of nitrogens with zero attached hydrogens (tertiary/aromatic N) is 2. The number of guanidine groups is 1. The third-order valence-electron chi connectivity index (χ3n) is 3.57. The summed E-state index contributed by atoms with van der Waals surface area (Å²) in [5.41, 5.74) is 8.89. The van der Waals surface area contributed by atoms with Gasteiger partial charge in [0.15, 0.2) is 0 Å². The van der Waals surface area contributed by atoms with Gasteiger partial charge in [0, 0.05) is 6.07 Å². The molecule has 0 radical (unpaired) electrons. The summed E-state index contributed by atoms with van der Waals surface area (Å²) < 4.78 is 5.80. The molecule has 2 aliphatic heterocycles. The smallest absolute Gasteiger partial charge is 0.212 e. The number of ether oxygens (including phenoxy) is 1. The van der Waals surface area contributed by atoms with Crippen LogP contribution in [0.4, 0.5) is 11.4 Å². The van der Waals surface area contributed by atoms with Crippen molar-refractivity contribution in [1.29, 1.82) is 0 Å². The highest BCUT2D eigenvalue weighted by molar-refractivity contribution is 5.89. The Hall–Kier alpha value is -1.99. The first-order valence-electron chi connectivity index (χ1n) is 6.78. The van der Waals surface area contributed by atoms with Gasteiger partial charge in [-0.05, 0) is 44.0 Å². The Morgan fingerprint density at radius 2 is 2.20 bits per heavy atom. The van der Waals surface area contributed by atoms with Gasteiger partial charge in [-0.25, -0.2) is 4.99 Å². The van der Waals surface area contributed by atoms with E-state index in [0.29, 0.717) is 34.8 Å². The van der Waals surface area contributed by atoms with Crippen LogP contribution in [0.2, 0.25) is 0 Å². The average molecular weight is 276 g/mol. The fourth-order valence-corrected chi connectivity index (χ4v) is 2.44. The predicted octanol–water partition coefficient (Wildman–Crippen LogP) is 0.834. The second-order valence-corrected chi connectivity index (χ2v) is 5.06. The van der Waals surface area contributed by atoms with Crippen LogP contribution in [0, 0.1) is 11.1 Å². The average Bonchev–Trinajstić information content (AvgIpc) is 2.45. The summed E-state index contributed by atoms with van der Waals surface area (Å²) in [6, 6.07) is 5.21. The fraction of sp³-hybridized carbons (Fsp3) is 0.462. The molecule has 0 saturated carbocycles. The molecule has 1 fully saturated rings. The summed E-state index contributed by atoms with van der Waals surface area (Å²) in [5, 5.41) is 15.5. The molecule has 1 saturated heterocycles. The largest absolute Gasteiger partial charge is 0.739 e. The van der Waals surface area contributed by atoms with Gasteiger partial charge in [0.05, 0.1) is 18.0 Å². The van der Waals surface area contributed by atoms with E-state index in [1.807, 2.05) is 0 Å². The van der Waals surface area contributed by atoms with Gasteiger partial charge in [0.25, 0.3) is 0 Å². The molecule has 3 rings (SSSR count). The Morgan fingerprint density at radius 3 is 3.00 bits per heavy atom. The van der Waals surface area contributed by atoms with Gasteiger partial charge in [-0.3, -0.25) is 5.43 Å². The zero-order valence-corrected chi connectivity index (χ0v) is 11.1. The summed E-state index contributed by atoms with van der Waals surface area (Å²) in [7, 11) is 0. The number of hydrogen-bond donors (Lipinski definition) is 3. The molecule has 108 valence electrons. The number of fused-ring (bicyclic) bond motifs is 1. The van der Waals surface area contributed by atoms with Crippen molar-refractivity contribution in [2.24, 2.45) is 16.6 Å². The molecule has 20 heavy (non-hydrogen) atoms. The lowest BCUT2D eigenvalue weighted by Gasteiger charge is -2.35. The number of aliphatic imine (C=N–C) groups is 1. The first kappa shape index (κ1) is 13.0. The van der Waals surface area contributed by atoms with Crippen LogP contribution in [0.3, 0.4) is 0 Å². The highest BCUT2D eigenvalue weighted by Gasteiger charge is 2.15. The second-order valence-electron chi connectivity index (χ2n) is 5.06. The van der Waals surface area contributed by atoms with Crippen LogP contribution in [0.5, 0.6) is 5.75 Å². The Bertz CT molecular complexity index is 513. The van der Waals surface area contributed by atoms with Crippen LogP contribution in [-0.4, -0.2) is 25.7 Å². The van der Waals surface area contributed by atoms with E-state index in [1.165, 1.54) is 0 Å². The summed E-state index contributed by atoms with van der Waals surface area (Å²) in [4.78, 5) is 4.10. The summed E-state index contributed by atoms with van der Waals surface area (Å²) in [6.07, 6.45) is 2.27. The van der Waals surface area contributed by atoms with Crippen molar-refractivity contribution in [2.45, 2.75) is 12.8 Å². The topological polar surface area (TPSA) is 98.0 Å². The lowest BCUT2D eigenvalue weighted by molar-refractivity contribution is 0.215. The molecule has 2 aliphatic rings. The number of anilines is 1. The number of hydrogen-bond acceptors (Lipinski definition) is 7. The maximum atomic E-state index is 11.6. The quantitative estimate of drug-likeness (QED) is 0.756. The molecule has 1 aromatic rings. The maximum Gasteiger partial charge on any atom is 0.212 e. The van der Waals surface area contributed by atoms with Crippen molar-refractivity contribution < 1.29 is 4.74 Å². The fourth-order valence-electron chi connectivity index (χ4n) is 2.44. The number of nitrogens with two attached hydrogens (primary N) is 1. The van der Waals surface area contributed by atoms with Crippen LogP contribution in [0.15, 0.2) is 23.2 Å². The van der Waals surface area contributed by atoms with E-state index in [1.54, 1.807) is 18.2 Å². The highest BCUT2D eigenvalue weighted by atomic mass is 16.5. The standard InChI is InChI=1S/C13H18N5O2/c14-13-16-11-7-10(1-2-12(11)18(19)17-13)20-8-9-3-5-15-6-4-9/h1-2,7,9,15H,3-6,8H2,(H3,14,16,17)/q-1. The Balaban J connectivity index is 1.68. The van der Waals surface area contributed by atoms with Crippen molar-refractivity contribution in [3.8, 4) is 5.75 Å². The van der Waals surface area contributed by atoms with Gasteiger partial charge in [-0.1, -0.05) is 0 Å². The van der Waals surface area contributed by atoms with Gasteiger partial charge in [0.2, 0.25) is 5.96 Å². The molecular weight excluding hydrogens is 258 g/mol. The Kier molecular flexibility index (Phi) is 3.62. The van der Waals surface area contributed by atoms with Gasteiger partial charge in [0.1, 0.15) is 5.75 Å². The minimum absolute atomic E-state index is 0.0861. The van der Waals surface area contributed by atoms with Crippen LogP contribution in [0.1, 0.15) is 12.8 Å². The van der Waals surface area contributed by atoms with E-state index in [2.05, 4.69) is 15.7 Å². The van der Waals surface area contributed by atoms with Gasteiger partial charge in [-0.2, -0.15) is 0 Å². The van der Waals surface area contributed by atoms with E-state index in [-0.39, 0.29) is 5.96 Å². The van der Waals surface area contributed by atoms with Crippen molar-refractivity contribution in [3.63, 3.8) is 0 Å². The monoisotopic (exact) mass is 276 g/mol. The van der Waals surface area contributed by atoms with Crippen LogP contribution >= 0.6 is 0 Å². The molecule has 0 unspecified atom stereocenters. The van der Waals surface area contributed by atoms with Crippen LogP contribution in [0.25, 0.3) is 0 Å². The molecule has 0 aliphatic carbocycles. The molecule has 0 atom stereocenters. The molecule has 7 nitrogen and oxygen atoms in total. The van der Waals surface area contributed by atoms with Crippen molar-refractivity contribution in [3.05, 3.63) is 23.4 Å². The van der Waals surface area contributed by atoms with E-state index in [4.69, 9.17) is 10.5 Å². The third-order valence-corrected chi connectivity index (χ3v) is 3.57. The molecule has 0 spiro atoms. The third kappa shape index (κ3) is 2.78. The molecule has 0 amide bonds. The van der Waals surface area contributed by atoms with Crippen LogP contribution in [-0.2, 0) is 0 Å². The van der Waals surface area contributed by atoms with E-state index in [9.17, 15) is 5.21 Å². The minimum atomic E-state index is 0.0861. The summed E-state index contributed by atoms with van der Waals surface area (Å²) in [6.45, 7) is 2.80. The lowest BCUT2D eigenvalue weighted by Crippen LogP contribution is -2.44. The maximum absolute atomic E-state index is 11.6. The number of hydrazine groups is 1. The second kappa shape index (κ2) is 5.56. The summed E-state index contributed by atoms with van der Waals surface area (Å²) >= 11 is 0. The van der Waals surface area contributed by atoms with Crippen LogP contribution < -0.4 is 26.4 Å². The molecule has 0 aromatic heterocycles. The SMILES string of the molecule is NC1=Nc2cc(OCC3CCNCC3)ccc2N([O-])N1. The number of nitrogens with one attached hydrogen (secondary N) is 2. The van der Waals surface area contributed by atoms with Crippen molar-refractivity contribution in [2.75, 3.05) is 24.9 Å². The van der Waals surface area contributed by atoms with Gasteiger partial charge >= 0.3 is 0 Å². The zero-order valence-electron chi connectivity index (χ0n) is 11.1. The highest BCUT2D eigenvalue weighted by Crippen LogP contribution is 2.33. The molecule has 0 bridgehead atoms. The molecule has 2 heterocycles. The Labute approximate surface area is 117 Å². The van der Waals surface area contributed by atoms with Gasteiger partial charge in [-0.15, -0.1) is 0 Å². The van der Waals surface area contributed by atoms with E-state index in [0.717, 1.165) is 25.9 Å². The normalized spacial score (nSPS) is 19.1. The number of rotatable bonds is 3. The van der Waals surface area contributed by atoms with E-state index < -0.39 is 0 Å². The number of benzene rings is 1. The molecule has 4 N–H and O–H groups in total. The van der Waals surface area contributed by atoms with Crippen molar-refractivity contribution >= 4 is 17.3 Å². The zero-order chi connectivity index (χ0) is 13.9. The molecule has 1 aromatic carbocycles. The minimum Gasteiger partial charge on any atom is -0.739 e. The van der Waals surface area contributed by atoms with E-state index >= 15 is 0 Å². The molecule has 7 heteroatoms. The number of piperidine rings is 1. The predicted molar refractivity (Wildman–Crippen MR) is 77.8 cm³/mol. The first-order valence-corrected chi connectivity index (χ1v) is 6.78. The van der Waals surface area contributed by atoms with Gasteiger partial charge < -0.3 is 26.2 Å².